The van der Waals surface area contributed by atoms with E-state index in [0.29, 0.717) is 19.0 Å². The molecule has 2 heterocycles. The molecule has 0 aromatic carbocycles. The highest BCUT2D eigenvalue weighted by Gasteiger charge is 2.39. The molecule has 1 aromatic heterocycles. The average Bonchev–Trinajstić information content (AvgIpc) is 2.69. The third kappa shape index (κ3) is 2.91. The molecule has 18 heavy (non-hydrogen) atoms. The van der Waals surface area contributed by atoms with Crippen molar-refractivity contribution in [3.8, 4) is 0 Å². The van der Waals surface area contributed by atoms with Gasteiger partial charge in [-0.05, 0) is 26.8 Å². The quantitative estimate of drug-likeness (QED) is 0.798. The Kier molecular flexibility index (Phi) is 3.75. The fourth-order valence-electron chi connectivity index (χ4n) is 2.04. The van der Waals surface area contributed by atoms with E-state index in [0.717, 1.165) is 25.1 Å². The van der Waals surface area contributed by atoms with Crippen molar-refractivity contribution in [3.63, 3.8) is 0 Å². The summed E-state index contributed by atoms with van der Waals surface area (Å²) in [7, 11) is 0. The van der Waals surface area contributed by atoms with E-state index < -0.39 is 5.60 Å². The van der Waals surface area contributed by atoms with Gasteiger partial charge < -0.3 is 19.7 Å². The molecule has 2 rings (SSSR count). The van der Waals surface area contributed by atoms with Gasteiger partial charge in [-0.1, -0.05) is 12.1 Å². The van der Waals surface area contributed by atoms with Crippen molar-refractivity contribution in [2.75, 3.05) is 19.8 Å². The van der Waals surface area contributed by atoms with Gasteiger partial charge in [0, 0.05) is 12.5 Å². The molecule has 0 bridgehead atoms. The maximum absolute atomic E-state index is 9.84. The first-order valence-corrected chi connectivity index (χ1v) is 6.46. The molecule has 1 aromatic rings. The van der Waals surface area contributed by atoms with Crippen LogP contribution in [0.25, 0.3) is 0 Å². The number of aromatic nitrogens is 1. The van der Waals surface area contributed by atoms with Crippen LogP contribution in [0.2, 0.25) is 0 Å². The van der Waals surface area contributed by atoms with Crippen LogP contribution in [0.15, 0.2) is 10.6 Å². The third-order valence-corrected chi connectivity index (χ3v) is 3.19. The molecule has 1 aliphatic heterocycles. The molecule has 0 atom stereocenters. The van der Waals surface area contributed by atoms with Crippen LogP contribution in [0.1, 0.15) is 38.6 Å². The van der Waals surface area contributed by atoms with Gasteiger partial charge in [0.1, 0.15) is 5.60 Å². The van der Waals surface area contributed by atoms with Crippen molar-refractivity contribution < 1.29 is 14.4 Å². The van der Waals surface area contributed by atoms with E-state index in [4.69, 9.17) is 9.26 Å². The molecule has 1 saturated heterocycles. The monoisotopic (exact) mass is 254 g/mol. The normalized spacial score (nSPS) is 18.7. The molecule has 0 radical (unpaired) electrons. The minimum atomic E-state index is -0.981. The van der Waals surface area contributed by atoms with Gasteiger partial charge in [0.25, 0.3) is 0 Å². The molecule has 0 spiro atoms. The fourth-order valence-corrected chi connectivity index (χ4v) is 2.04. The molecular weight excluding hydrogens is 232 g/mol. The molecule has 5 heteroatoms. The number of nitrogens with one attached hydrogen (secondary N) is 1. The zero-order valence-corrected chi connectivity index (χ0v) is 11.3. The lowest BCUT2D eigenvalue weighted by Gasteiger charge is -2.42. The van der Waals surface area contributed by atoms with E-state index in [1.54, 1.807) is 13.8 Å². The van der Waals surface area contributed by atoms with Crippen LogP contribution in [0.5, 0.6) is 0 Å². The highest BCUT2D eigenvalue weighted by molar-refractivity contribution is 5.15. The topological polar surface area (TPSA) is 67.5 Å². The predicted octanol–water partition coefficient (Wildman–Crippen LogP) is 1.21. The third-order valence-electron chi connectivity index (χ3n) is 3.19. The molecule has 2 N–H and O–H groups in total. The number of ether oxygens (including phenoxy) is 1. The Balaban J connectivity index is 2.02. The molecule has 1 fully saturated rings. The summed E-state index contributed by atoms with van der Waals surface area (Å²) in [5.41, 5.74) is -0.131. The summed E-state index contributed by atoms with van der Waals surface area (Å²) in [5.74, 6) is 0.503. The van der Waals surface area contributed by atoms with Gasteiger partial charge in [-0.2, -0.15) is 0 Å². The molecular formula is C13H22N2O3. The number of rotatable bonds is 6. The second-order valence-electron chi connectivity index (χ2n) is 5.62. The summed E-state index contributed by atoms with van der Waals surface area (Å²) in [6, 6.07) is 1.83. The van der Waals surface area contributed by atoms with Crippen molar-refractivity contribution in [1.29, 1.82) is 0 Å². The summed E-state index contributed by atoms with van der Waals surface area (Å²) >= 11 is 0. The second-order valence-corrected chi connectivity index (χ2v) is 5.62. The van der Waals surface area contributed by atoms with Crippen molar-refractivity contribution in [3.05, 3.63) is 17.5 Å². The minimum absolute atomic E-state index is 0.0102. The van der Waals surface area contributed by atoms with Crippen LogP contribution in [-0.2, 0) is 16.8 Å². The summed E-state index contributed by atoms with van der Waals surface area (Å²) in [4.78, 5) is 0. The second kappa shape index (κ2) is 4.99. The Hall–Kier alpha value is -0.910. The predicted molar refractivity (Wildman–Crippen MR) is 67.3 cm³/mol. The largest absolute Gasteiger partial charge is 0.382 e. The van der Waals surface area contributed by atoms with E-state index in [1.165, 1.54) is 0 Å². The van der Waals surface area contributed by atoms with Crippen molar-refractivity contribution in [2.45, 2.75) is 44.8 Å². The van der Waals surface area contributed by atoms with Crippen LogP contribution >= 0.6 is 0 Å². The van der Waals surface area contributed by atoms with Gasteiger partial charge in [0.05, 0.1) is 24.4 Å². The molecule has 0 saturated carbocycles. The number of hydrogen-bond donors (Lipinski definition) is 2. The molecule has 0 amide bonds. The Morgan fingerprint density at radius 2 is 2.22 bits per heavy atom. The maximum atomic E-state index is 9.84. The SMILES string of the molecule is CCCNC1(Cc2cc(C(C)(C)O)on2)COC1. The highest BCUT2D eigenvalue weighted by Crippen LogP contribution is 2.25. The van der Waals surface area contributed by atoms with E-state index in [9.17, 15) is 5.11 Å². The van der Waals surface area contributed by atoms with Crippen LogP contribution in [-0.4, -0.2) is 35.6 Å². The zero-order chi connectivity index (χ0) is 13.2. The minimum Gasteiger partial charge on any atom is -0.382 e. The first-order valence-electron chi connectivity index (χ1n) is 6.46. The van der Waals surface area contributed by atoms with Gasteiger partial charge in [0.2, 0.25) is 0 Å². The van der Waals surface area contributed by atoms with Gasteiger partial charge in [-0.25, -0.2) is 0 Å². The van der Waals surface area contributed by atoms with E-state index in [1.807, 2.05) is 6.07 Å². The van der Waals surface area contributed by atoms with Crippen LogP contribution < -0.4 is 5.32 Å². The van der Waals surface area contributed by atoms with Crippen LogP contribution in [0.4, 0.5) is 0 Å². The van der Waals surface area contributed by atoms with E-state index >= 15 is 0 Å². The zero-order valence-electron chi connectivity index (χ0n) is 11.3. The Labute approximate surface area is 107 Å². The van der Waals surface area contributed by atoms with Gasteiger partial charge in [-0.15, -0.1) is 0 Å². The van der Waals surface area contributed by atoms with E-state index in [-0.39, 0.29) is 5.54 Å². The molecule has 102 valence electrons. The highest BCUT2D eigenvalue weighted by atomic mass is 16.5. The van der Waals surface area contributed by atoms with E-state index in [2.05, 4.69) is 17.4 Å². The number of aliphatic hydroxyl groups is 1. The van der Waals surface area contributed by atoms with Crippen molar-refractivity contribution >= 4 is 0 Å². The van der Waals surface area contributed by atoms with Crippen LogP contribution in [0, 0.1) is 0 Å². The lowest BCUT2D eigenvalue weighted by molar-refractivity contribution is -0.0743. The lowest BCUT2D eigenvalue weighted by Crippen LogP contribution is -2.62. The Bertz CT molecular complexity index is 391. The smallest absolute Gasteiger partial charge is 0.167 e. The number of hydrogen-bond acceptors (Lipinski definition) is 5. The molecule has 5 nitrogen and oxygen atoms in total. The van der Waals surface area contributed by atoms with Gasteiger partial charge >= 0.3 is 0 Å². The molecule has 0 aliphatic carbocycles. The summed E-state index contributed by atoms with van der Waals surface area (Å²) < 4.78 is 10.5. The first-order chi connectivity index (χ1) is 8.45. The fraction of sp³-hybridized carbons (Fsp3) is 0.769. The Morgan fingerprint density at radius 3 is 2.67 bits per heavy atom. The van der Waals surface area contributed by atoms with Gasteiger partial charge in [-0.3, -0.25) is 0 Å². The standard InChI is InChI=1S/C13H22N2O3/c1-4-5-14-13(8-17-9-13)7-10-6-11(18-15-10)12(2,3)16/h6,14,16H,4-5,7-9H2,1-3H3. The van der Waals surface area contributed by atoms with Gasteiger partial charge in [0.15, 0.2) is 5.76 Å². The molecule has 1 aliphatic rings. The Morgan fingerprint density at radius 1 is 1.50 bits per heavy atom. The van der Waals surface area contributed by atoms with Crippen molar-refractivity contribution in [2.24, 2.45) is 0 Å². The first kappa shape index (κ1) is 13.5. The number of nitrogens with zero attached hydrogens (tertiary/aromatic N) is 1. The molecule has 0 unspecified atom stereocenters. The average molecular weight is 254 g/mol. The summed E-state index contributed by atoms with van der Waals surface area (Å²) in [6.07, 6.45) is 1.86. The lowest BCUT2D eigenvalue weighted by atomic mass is 9.90. The summed E-state index contributed by atoms with van der Waals surface area (Å²) in [6.45, 7) is 7.90. The van der Waals surface area contributed by atoms with Crippen LogP contribution in [0.3, 0.4) is 0 Å². The van der Waals surface area contributed by atoms with Crippen molar-refractivity contribution in [1.82, 2.24) is 10.5 Å². The maximum Gasteiger partial charge on any atom is 0.167 e. The summed E-state index contributed by atoms with van der Waals surface area (Å²) in [5, 5.41) is 17.4.